The van der Waals surface area contributed by atoms with Gasteiger partial charge in [0.15, 0.2) is 5.58 Å². The molecule has 24 heavy (non-hydrogen) atoms. The summed E-state index contributed by atoms with van der Waals surface area (Å²) in [6, 6.07) is 6.20. The quantitative estimate of drug-likeness (QED) is 0.689. The zero-order valence-corrected chi connectivity index (χ0v) is 14.5. The minimum absolute atomic E-state index is 0.0957. The summed E-state index contributed by atoms with van der Waals surface area (Å²) in [5, 5.41) is 3.81. The molecule has 0 fully saturated rings. The third-order valence-corrected chi connectivity index (χ3v) is 6.09. The molecule has 7 nitrogen and oxygen atoms in total. The summed E-state index contributed by atoms with van der Waals surface area (Å²) in [5.74, 6) is -0.617. The predicted octanol–water partition coefficient (Wildman–Crippen LogP) is 2.02. The van der Waals surface area contributed by atoms with Crippen molar-refractivity contribution in [2.45, 2.75) is 11.4 Å². The molecule has 9 heteroatoms. The summed E-state index contributed by atoms with van der Waals surface area (Å²) in [6.07, 6.45) is 0. The number of aromatic nitrogens is 1. The second kappa shape index (κ2) is 6.89. The molecule has 1 aromatic carbocycles. The molecular formula is C15H16N2O5S2. The van der Waals surface area contributed by atoms with E-state index >= 15 is 0 Å². The Bertz CT molecular complexity index is 973. The first-order chi connectivity index (χ1) is 11.5. The topological polar surface area (TPSA) is 92.6 Å². The number of oxazole rings is 1. The Kier molecular flexibility index (Phi) is 4.86. The summed E-state index contributed by atoms with van der Waals surface area (Å²) in [5.41, 5.74) is 1.58. The first-order valence-electron chi connectivity index (χ1n) is 7.14. The zero-order valence-electron chi connectivity index (χ0n) is 12.9. The van der Waals surface area contributed by atoms with Crippen molar-refractivity contribution in [2.75, 3.05) is 20.3 Å². The molecule has 0 atom stereocenters. The van der Waals surface area contributed by atoms with Gasteiger partial charge in [-0.15, -0.1) is 0 Å². The number of nitrogens with one attached hydrogen (secondary N) is 1. The van der Waals surface area contributed by atoms with Crippen molar-refractivity contribution in [3.05, 3.63) is 51.1 Å². The molecule has 0 amide bonds. The van der Waals surface area contributed by atoms with Crippen LogP contribution in [0.3, 0.4) is 0 Å². The van der Waals surface area contributed by atoms with Crippen LogP contribution < -0.4 is 5.76 Å². The molecule has 2 aromatic heterocycles. The van der Waals surface area contributed by atoms with Crippen molar-refractivity contribution < 1.29 is 17.6 Å². The van der Waals surface area contributed by atoms with Gasteiger partial charge in [0.05, 0.1) is 17.0 Å². The SMILES string of the molecule is COCCN(Cc1ccsc1)S(=O)(=O)c1ccc2oc(=O)[nH]c2c1. The van der Waals surface area contributed by atoms with Crippen molar-refractivity contribution in [2.24, 2.45) is 0 Å². The highest BCUT2D eigenvalue weighted by Gasteiger charge is 2.25. The van der Waals surface area contributed by atoms with Gasteiger partial charge in [-0.2, -0.15) is 15.6 Å². The number of nitrogens with zero attached hydrogens (tertiary/aromatic N) is 1. The fourth-order valence-electron chi connectivity index (χ4n) is 2.30. The Hall–Kier alpha value is -1.94. The first kappa shape index (κ1) is 16.9. The van der Waals surface area contributed by atoms with Gasteiger partial charge < -0.3 is 9.15 Å². The van der Waals surface area contributed by atoms with E-state index < -0.39 is 15.8 Å². The van der Waals surface area contributed by atoms with E-state index in [1.54, 1.807) is 0 Å². The number of rotatable bonds is 7. The van der Waals surface area contributed by atoms with Crippen molar-refractivity contribution in [1.82, 2.24) is 9.29 Å². The van der Waals surface area contributed by atoms with Crippen LogP contribution in [0.5, 0.6) is 0 Å². The Labute approximate surface area is 142 Å². The number of methoxy groups -OCH3 is 1. The van der Waals surface area contributed by atoms with Gasteiger partial charge in [0.1, 0.15) is 0 Å². The maximum absolute atomic E-state index is 13.0. The minimum atomic E-state index is -3.74. The zero-order chi connectivity index (χ0) is 17.2. The van der Waals surface area contributed by atoms with Crippen molar-refractivity contribution in [1.29, 1.82) is 0 Å². The van der Waals surface area contributed by atoms with Gasteiger partial charge in [0, 0.05) is 20.2 Å². The molecule has 0 bridgehead atoms. The molecule has 0 aliphatic carbocycles. The van der Waals surface area contributed by atoms with Crippen LogP contribution in [-0.2, 0) is 21.3 Å². The van der Waals surface area contributed by atoms with Crippen LogP contribution >= 0.6 is 11.3 Å². The van der Waals surface area contributed by atoms with E-state index in [2.05, 4.69) is 4.98 Å². The maximum atomic E-state index is 13.0. The molecule has 128 valence electrons. The first-order valence-corrected chi connectivity index (χ1v) is 9.52. The van der Waals surface area contributed by atoms with Crippen LogP contribution in [0.15, 0.2) is 49.1 Å². The Morgan fingerprint density at radius 2 is 2.17 bits per heavy atom. The molecule has 2 heterocycles. The Morgan fingerprint density at radius 1 is 1.33 bits per heavy atom. The van der Waals surface area contributed by atoms with Crippen molar-refractivity contribution >= 4 is 32.5 Å². The standard InChI is InChI=1S/C15H16N2O5S2/c1-21-6-5-17(9-11-4-7-23-10-11)24(19,20)12-2-3-14-13(8-12)16-15(18)22-14/h2-4,7-8,10H,5-6,9H2,1H3,(H,16,18). The number of fused-ring (bicyclic) bond motifs is 1. The van der Waals surface area contributed by atoms with Gasteiger partial charge in [-0.05, 0) is 40.6 Å². The van der Waals surface area contributed by atoms with E-state index in [0.29, 0.717) is 11.1 Å². The highest BCUT2D eigenvalue weighted by atomic mass is 32.2. The van der Waals surface area contributed by atoms with E-state index in [0.717, 1.165) is 5.56 Å². The number of benzene rings is 1. The van der Waals surface area contributed by atoms with Gasteiger partial charge in [-0.3, -0.25) is 4.98 Å². The molecule has 0 aliphatic rings. The average molecular weight is 368 g/mol. The molecule has 0 unspecified atom stereocenters. The molecule has 0 saturated heterocycles. The summed E-state index contributed by atoms with van der Waals surface area (Å²) in [7, 11) is -2.21. The van der Waals surface area contributed by atoms with Gasteiger partial charge in [0.2, 0.25) is 10.0 Å². The van der Waals surface area contributed by atoms with Crippen LogP contribution in [0, 0.1) is 0 Å². The third kappa shape index (κ3) is 3.44. The van der Waals surface area contributed by atoms with Crippen LogP contribution in [0.2, 0.25) is 0 Å². The number of thiophene rings is 1. The lowest BCUT2D eigenvalue weighted by molar-refractivity contribution is 0.177. The van der Waals surface area contributed by atoms with Crippen molar-refractivity contribution in [3.63, 3.8) is 0 Å². The Balaban J connectivity index is 1.97. The summed E-state index contributed by atoms with van der Waals surface area (Å²) in [4.78, 5) is 13.8. The maximum Gasteiger partial charge on any atom is 0.417 e. The Morgan fingerprint density at radius 3 is 2.88 bits per heavy atom. The highest BCUT2D eigenvalue weighted by molar-refractivity contribution is 7.89. The fourth-order valence-corrected chi connectivity index (χ4v) is 4.40. The van der Waals surface area contributed by atoms with Crippen LogP contribution in [-0.4, -0.2) is 38.0 Å². The summed E-state index contributed by atoms with van der Waals surface area (Å²) >= 11 is 1.51. The minimum Gasteiger partial charge on any atom is -0.408 e. The van der Waals surface area contributed by atoms with Gasteiger partial charge in [-0.1, -0.05) is 0 Å². The van der Waals surface area contributed by atoms with E-state index in [9.17, 15) is 13.2 Å². The molecule has 3 aromatic rings. The molecule has 3 rings (SSSR count). The van der Waals surface area contributed by atoms with Gasteiger partial charge >= 0.3 is 5.76 Å². The average Bonchev–Trinajstić information content (AvgIpc) is 3.18. The third-order valence-electron chi connectivity index (χ3n) is 3.51. The number of ether oxygens (including phenoxy) is 1. The second-order valence-corrected chi connectivity index (χ2v) is 7.85. The smallest absolute Gasteiger partial charge is 0.408 e. The van der Waals surface area contributed by atoms with Crippen LogP contribution in [0.25, 0.3) is 11.1 Å². The van der Waals surface area contributed by atoms with Gasteiger partial charge in [0.25, 0.3) is 0 Å². The molecule has 1 N–H and O–H groups in total. The van der Waals surface area contributed by atoms with E-state index in [1.807, 2.05) is 16.8 Å². The van der Waals surface area contributed by atoms with Crippen molar-refractivity contribution in [3.8, 4) is 0 Å². The second-order valence-electron chi connectivity index (χ2n) is 5.14. The molecular weight excluding hydrogens is 352 g/mol. The highest BCUT2D eigenvalue weighted by Crippen LogP contribution is 2.22. The number of hydrogen-bond acceptors (Lipinski definition) is 6. The van der Waals surface area contributed by atoms with E-state index in [-0.39, 0.29) is 24.6 Å². The fraction of sp³-hybridized carbons (Fsp3) is 0.267. The van der Waals surface area contributed by atoms with Gasteiger partial charge in [-0.25, -0.2) is 13.2 Å². The number of aromatic amines is 1. The summed E-state index contributed by atoms with van der Waals surface area (Å²) < 4.78 is 37.2. The lowest BCUT2D eigenvalue weighted by Gasteiger charge is -2.21. The lowest BCUT2D eigenvalue weighted by Crippen LogP contribution is -2.33. The van der Waals surface area contributed by atoms with Crippen LogP contribution in [0.4, 0.5) is 0 Å². The normalized spacial score (nSPS) is 12.2. The number of hydrogen-bond donors (Lipinski definition) is 1. The summed E-state index contributed by atoms with van der Waals surface area (Å²) in [6.45, 7) is 0.776. The number of H-pyrrole nitrogens is 1. The molecule has 0 saturated carbocycles. The monoisotopic (exact) mass is 368 g/mol. The van der Waals surface area contributed by atoms with E-state index in [4.69, 9.17) is 9.15 Å². The predicted molar refractivity (Wildman–Crippen MR) is 90.6 cm³/mol. The molecule has 0 aliphatic heterocycles. The largest absolute Gasteiger partial charge is 0.417 e. The molecule has 0 spiro atoms. The van der Waals surface area contributed by atoms with E-state index in [1.165, 1.54) is 41.0 Å². The number of sulfonamides is 1. The van der Waals surface area contributed by atoms with Crippen LogP contribution in [0.1, 0.15) is 5.56 Å². The molecule has 0 radical (unpaired) electrons. The lowest BCUT2D eigenvalue weighted by atomic mass is 10.3.